The Kier molecular flexibility index (Phi) is 7.65. The highest BCUT2D eigenvalue weighted by Gasteiger charge is 2.23. The van der Waals surface area contributed by atoms with Gasteiger partial charge in [-0.1, -0.05) is 6.92 Å². The Labute approximate surface area is 134 Å². The smallest absolute Gasteiger partial charge is 0.407 e. The first-order valence-corrected chi connectivity index (χ1v) is 8.26. The fourth-order valence-electron chi connectivity index (χ4n) is 2.53. The van der Waals surface area contributed by atoms with Gasteiger partial charge in [0.25, 0.3) is 0 Å². The molecule has 6 nitrogen and oxygen atoms in total. The molecule has 22 heavy (non-hydrogen) atoms. The summed E-state index contributed by atoms with van der Waals surface area (Å²) in [6.07, 6.45) is 2.71. The Morgan fingerprint density at radius 2 is 2.00 bits per heavy atom. The summed E-state index contributed by atoms with van der Waals surface area (Å²) in [5.41, 5.74) is -0.472. The molecule has 0 spiro atoms. The number of likely N-dealkylation sites (tertiary alicyclic amines) is 1. The van der Waals surface area contributed by atoms with Gasteiger partial charge in [0.05, 0.1) is 6.54 Å². The van der Waals surface area contributed by atoms with Crippen molar-refractivity contribution in [1.82, 2.24) is 15.5 Å². The molecule has 0 aliphatic carbocycles. The van der Waals surface area contributed by atoms with Crippen molar-refractivity contribution >= 4 is 12.0 Å². The summed E-state index contributed by atoms with van der Waals surface area (Å²) >= 11 is 0. The van der Waals surface area contributed by atoms with E-state index < -0.39 is 5.60 Å². The van der Waals surface area contributed by atoms with E-state index in [1.54, 1.807) is 0 Å². The zero-order valence-corrected chi connectivity index (χ0v) is 14.4. The molecule has 0 radical (unpaired) electrons. The minimum atomic E-state index is -0.472. The fourth-order valence-corrected chi connectivity index (χ4v) is 2.53. The van der Waals surface area contributed by atoms with Crippen molar-refractivity contribution < 1.29 is 14.3 Å². The molecule has 0 unspecified atom stereocenters. The number of carbonyl (C=O) groups is 2. The van der Waals surface area contributed by atoms with Crippen molar-refractivity contribution in [1.29, 1.82) is 0 Å². The Balaban J connectivity index is 2.28. The summed E-state index contributed by atoms with van der Waals surface area (Å²) in [6.45, 7) is 11.2. The summed E-state index contributed by atoms with van der Waals surface area (Å²) in [5, 5.41) is 5.73. The molecule has 1 heterocycles. The minimum absolute atomic E-state index is 0.0857. The van der Waals surface area contributed by atoms with Gasteiger partial charge in [-0.15, -0.1) is 0 Å². The number of piperidine rings is 1. The van der Waals surface area contributed by atoms with Crippen molar-refractivity contribution in [2.24, 2.45) is 5.92 Å². The summed E-state index contributed by atoms with van der Waals surface area (Å²) in [5.74, 6) is 0.461. The lowest BCUT2D eigenvalue weighted by Crippen LogP contribution is -2.45. The molecule has 1 aliphatic rings. The summed E-state index contributed by atoms with van der Waals surface area (Å²) in [6, 6.07) is 0. The Morgan fingerprint density at radius 1 is 1.27 bits per heavy atom. The van der Waals surface area contributed by atoms with Crippen molar-refractivity contribution in [3.05, 3.63) is 0 Å². The van der Waals surface area contributed by atoms with Crippen LogP contribution in [-0.4, -0.2) is 55.2 Å². The van der Waals surface area contributed by atoms with E-state index >= 15 is 0 Å². The normalized spacial score (nSPS) is 19.5. The van der Waals surface area contributed by atoms with Crippen LogP contribution in [0.25, 0.3) is 0 Å². The molecule has 0 saturated carbocycles. The third kappa shape index (κ3) is 8.22. The zero-order valence-electron chi connectivity index (χ0n) is 14.4. The van der Waals surface area contributed by atoms with E-state index in [9.17, 15) is 9.59 Å². The van der Waals surface area contributed by atoms with E-state index in [-0.39, 0.29) is 12.0 Å². The molecule has 2 N–H and O–H groups in total. The SMILES string of the molecule is CCCNC(=O)CN1CCC[C@@H](CNC(=O)OC(C)(C)C)C1. The third-order valence-corrected chi connectivity index (χ3v) is 3.48. The van der Waals surface area contributed by atoms with Crippen LogP contribution in [0, 0.1) is 5.92 Å². The van der Waals surface area contributed by atoms with Gasteiger partial charge < -0.3 is 15.4 Å². The zero-order chi connectivity index (χ0) is 16.6. The fraction of sp³-hybridized carbons (Fsp3) is 0.875. The molecule has 2 amide bonds. The maximum Gasteiger partial charge on any atom is 0.407 e. The van der Waals surface area contributed by atoms with Crippen LogP contribution in [-0.2, 0) is 9.53 Å². The second-order valence-electron chi connectivity index (χ2n) is 6.98. The first-order valence-electron chi connectivity index (χ1n) is 8.26. The highest BCUT2D eigenvalue weighted by Crippen LogP contribution is 2.15. The Hall–Kier alpha value is -1.30. The molecule has 6 heteroatoms. The summed E-state index contributed by atoms with van der Waals surface area (Å²) < 4.78 is 5.24. The lowest BCUT2D eigenvalue weighted by atomic mass is 9.98. The molecular weight excluding hydrogens is 282 g/mol. The summed E-state index contributed by atoms with van der Waals surface area (Å²) in [4.78, 5) is 25.6. The van der Waals surface area contributed by atoms with Crippen LogP contribution in [0.4, 0.5) is 4.79 Å². The molecule has 1 aliphatic heterocycles. The monoisotopic (exact) mass is 313 g/mol. The average Bonchev–Trinajstić information content (AvgIpc) is 2.41. The number of nitrogens with one attached hydrogen (secondary N) is 2. The maximum atomic E-state index is 11.8. The van der Waals surface area contributed by atoms with E-state index in [0.29, 0.717) is 19.0 Å². The molecular formula is C16H31N3O3. The van der Waals surface area contributed by atoms with Crippen molar-refractivity contribution in [3.8, 4) is 0 Å². The molecule has 1 fully saturated rings. The van der Waals surface area contributed by atoms with E-state index in [4.69, 9.17) is 4.74 Å². The number of carbonyl (C=O) groups excluding carboxylic acids is 2. The van der Waals surface area contributed by atoms with Gasteiger partial charge in [-0.25, -0.2) is 4.79 Å². The van der Waals surface area contributed by atoms with Crippen LogP contribution < -0.4 is 10.6 Å². The number of amides is 2. The first kappa shape index (κ1) is 18.7. The average molecular weight is 313 g/mol. The van der Waals surface area contributed by atoms with Gasteiger partial charge in [-0.3, -0.25) is 9.69 Å². The number of ether oxygens (including phenoxy) is 1. The molecule has 0 bridgehead atoms. The minimum Gasteiger partial charge on any atom is -0.444 e. The van der Waals surface area contributed by atoms with Gasteiger partial charge in [-0.05, 0) is 52.5 Å². The van der Waals surface area contributed by atoms with Crippen LogP contribution >= 0.6 is 0 Å². The second-order valence-corrected chi connectivity index (χ2v) is 6.98. The predicted octanol–water partition coefficient (Wildman–Crippen LogP) is 1.75. The molecule has 1 saturated heterocycles. The van der Waals surface area contributed by atoms with E-state index in [1.807, 2.05) is 27.7 Å². The maximum absolute atomic E-state index is 11.8. The predicted molar refractivity (Wildman–Crippen MR) is 86.7 cm³/mol. The van der Waals surface area contributed by atoms with Crippen LogP contribution in [0.1, 0.15) is 47.0 Å². The van der Waals surface area contributed by atoms with Gasteiger partial charge in [-0.2, -0.15) is 0 Å². The Bertz CT molecular complexity index is 366. The highest BCUT2D eigenvalue weighted by molar-refractivity contribution is 5.77. The standard InChI is InChI=1S/C16H31N3O3/c1-5-8-17-14(20)12-19-9-6-7-13(11-19)10-18-15(21)22-16(2,3)4/h13H,5-12H2,1-4H3,(H,17,20)(H,18,21)/t13-/m0/s1. The lowest BCUT2D eigenvalue weighted by molar-refractivity contribution is -0.122. The topological polar surface area (TPSA) is 70.7 Å². The van der Waals surface area contributed by atoms with Crippen LogP contribution in [0.3, 0.4) is 0 Å². The van der Waals surface area contributed by atoms with Crippen LogP contribution in [0.15, 0.2) is 0 Å². The van der Waals surface area contributed by atoms with Crippen molar-refractivity contribution in [3.63, 3.8) is 0 Å². The molecule has 0 aromatic carbocycles. The molecule has 0 aromatic rings. The lowest BCUT2D eigenvalue weighted by Gasteiger charge is -2.32. The highest BCUT2D eigenvalue weighted by atomic mass is 16.6. The number of hydrogen-bond acceptors (Lipinski definition) is 4. The molecule has 0 aromatic heterocycles. The number of alkyl carbamates (subject to hydrolysis) is 1. The van der Waals surface area contributed by atoms with Crippen LogP contribution in [0.2, 0.25) is 0 Å². The van der Waals surface area contributed by atoms with Crippen molar-refractivity contribution in [2.75, 3.05) is 32.7 Å². The number of nitrogens with zero attached hydrogens (tertiary/aromatic N) is 1. The second kappa shape index (κ2) is 8.98. The number of hydrogen-bond donors (Lipinski definition) is 2. The molecule has 1 atom stereocenters. The Morgan fingerprint density at radius 3 is 2.64 bits per heavy atom. The molecule has 128 valence electrons. The quantitative estimate of drug-likeness (QED) is 0.784. The largest absolute Gasteiger partial charge is 0.444 e. The number of rotatable bonds is 6. The van der Waals surface area contributed by atoms with Crippen molar-refractivity contribution in [2.45, 2.75) is 52.6 Å². The van der Waals surface area contributed by atoms with Crippen LogP contribution in [0.5, 0.6) is 0 Å². The van der Waals surface area contributed by atoms with E-state index in [2.05, 4.69) is 15.5 Å². The van der Waals surface area contributed by atoms with Gasteiger partial charge in [0.2, 0.25) is 5.91 Å². The van der Waals surface area contributed by atoms with Gasteiger partial charge >= 0.3 is 6.09 Å². The van der Waals surface area contributed by atoms with E-state index in [1.165, 1.54) is 0 Å². The third-order valence-electron chi connectivity index (χ3n) is 3.48. The van der Waals surface area contributed by atoms with Gasteiger partial charge in [0.15, 0.2) is 0 Å². The summed E-state index contributed by atoms with van der Waals surface area (Å²) in [7, 11) is 0. The van der Waals surface area contributed by atoms with Gasteiger partial charge in [0, 0.05) is 19.6 Å². The molecule has 1 rings (SSSR count). The van der Waals surface area contributed by atoms with E-state index in [0.717, 1.165) is 38.9 Å². The van der Waals surface area contributed by atoms with Gasteiger partial charge in [0.1, 0.15) is 5.60 Å². The first-order chi connectivity index (χ1) is 10.3.